The molecule has 21 heavy (non-hydrogen) atoms. The van der Waals surface area contributed by atoms with Crippen LogP contribution in [0.5, 0.6) is 0 Å². The van der Waals surface area contributed by atoms with E-state index in [1.54, 1.807) is 36.0 Å². The Hall–Kier alpha value is -2.21. The van der Waals surface area contributed by atoms with Gasteiger partial charge in [-0.1, -0.05) is 6.07 Å². The van der Waals surface area contributed by atoms with Crippen molar-refractivity contribution in [3.8, 4) is 5.69 Å². The summed E-state index contributed by atoms with van der Waals surface area (Å²) >= 11 is 0. The molecule has 0 saturated heterocycles. The van der Waals surface area contributed by atoms with E-state index < -0.39 is 0 Å². The van der Waals surface area contributed by atoms with Gasteiger partial charge in [0.2, 0.25) is 5.91 Å². The summed E-state index contributed by atoms with van der Waals surface area (Å²) in [6.07, 6.45) is 3.59. The van der Waals surface area contributed by atoms with E-state index in [-0.39, 0.29) is 30.7 Å². The molecule has 0 bridgehead atoms. The molecule has 1 atom stereocenters. The second-order valence-electron chi connectivity index (χ2n) is 5.09. The number of nitrogens with two attached hydrogens (primary N) is 1. The Bertz CT molecular complexity index is 636. The summed E-state index contributed by atoms with van der Waals surface area (Å²) in [5, 5.41) is 2.72. The Kier molecular flexibility index (Phi) is 4.70. The van der Waals surface area contributed by atoms with Crippen LogP contribution in [0, 0.1) is 12.7 Å². The average molecular weight is 290 g/mol. The van der Waals surface area contributed by atoms with Crippen molar-refractivity contribution >= 4 is 5.91 Å². The van der Waals surface area contributed by atoms with Crippen LogP contribution in [0.2, 0.25) is 0 Å². The highest BCUT2D eigenvalue weighted by Crippen LogP contribution is 2.16. The van der Waals surface area contributed by atoms with Crippen molar-refractivity contribution in [2.75, 3.05) is 0 Å². The number of halogens is 1. The highest BCUT2D eigenvalue weighted by molar-refractivity contribution is 5.76. The number of hydrogen-bond acceptors (Lipinski definition) is 3. The van der Waals surface area contributed by atoms with E-state index in [1.165, 1.54) is 6.07 Å². The molecule has 1 unspecified atom stereocenters. The van der Waals surface area contributed by atoms with Crippen molar-refractivity contribution in [3.05, 3.63) is 47.8 Å². The summed E-state index contributed by atoms with van der Waals surface area (Å²) in [4.78, 5) is 15.6. The Morgan fingerprint density at radius 1 is 1.52 bits per heavy atom. The summed E-state index contributed by atoms with van der Waals surface area (Å²) in [6.45, 7) is 3.86. The highest BCUT2D eigenvalue weighted by atomic mass is 19.1. The van der Waals surface area contributed by atoms with Crippen LogP contribution in [0.4, 0.5) is 4.39 Å². The molecule has 0 aliphatic heterocycles. The van der Waals surface area contributed by atoms with Crippen molar-refractivity contribution < 1.29 is 9.18 Å². The molecule has 0 spiro atoms. The smallest absolute Gasteiger partial charge is 0.221 e. The quantitative estimate of drug-likeness (QED) is 0.880. The van der Waals surface area contributed by atoms with Gasteiger partial charge in [0.05, 0.1) is 5.69 Å². The molecule has 3 N–H and O–H groups in total. The standard InChI is InChI=1S/C15H19FN4O/c1-10(17)7-15(21)19-9-12-3-4-14(13(16)8-12)20-6-5-18-11(20)2/h3-6,8,10H,7,9,17H2,1-2H3,(H,19,21). The monoisotopic (exact) mass is 290 g/mol. The molecule has 1 amide bonds. The van der Waals surface area contributed by atoms with Crippen LogP contribution in [0.3, 0.4) is 0 Å². The number of benzene rings is 1. The van der Waals surface area contributed by atoms with Crippen molar-refractivity contribution in [1.82, 2.24) is 14.9 Å². The molecule has 0 aliphatic carbocycles. The zero-order chi connectivity index (χ0) is 15.4. The first-order valence-corrected chi connectivity index (χ1v) is 6.78. The molecule has 2 rings (SSSR count). The van der Waals surface area contributed by atoms with Crippen molar-refractivity contribution in [1.29, 1.82) is 0 Å². The molecule has 1 heterocycles. The lowest BCUT2D eigenvalue weighted by atomic mass is 10.2. The molecule has 0 saturated carbocycles. The minimum absolute atomic E-state index is 0.139. The van der Waals surface area contributed by atoms with Gasteiger partial charge in [-0.15, -0.1) is 0 Å². The summed E-state index contributed by atoms with van der Waals surface area (Å²) in [5.74, 6) is 0.224. The van der Waals surface area contributed by atoms with E-state index in [2.05, 4.69) is 10.3 Å². The van der Waals surface area contributed by atoms with Crippen LogP contribution in [0.15, 0.2) is 30.6 Å². The zero-order valence-electron chi connectivity index (χ0n) is 12.1. The van der Waals surface area contributed by atoms with Gasteiger partial charge in [0.15, 0.2) is 0 Å². The molecule has 6 heteroatoms. The fraction of sp³-hybridized carbons (Fsp3) is 0.333. The number of nitrogens with one attached hydrogen (secondary N) is 1. The maximum atomic E-state index is 14.1. The molecule has 5 nitrogen and oxygen atoms in total. The third-order valence-corrected chi connectivity index (χ3v) is 3.09. The van der Waals surface area contributed by atoms with Crippen LogP contribution < -0.4 is 11.1 Å². The predicted molar refractivity (Wildman–Crippen MR) is 78.4 cm³/mol. The Balaban J connectivity index is 2.06. The number of rotatable bonds is 5. The van der Waals surface area contributed by atoms with Crippen LogP contribution in [0.25, 0.3) is 5.69 Å². The first-order valence-electron chi connectivity index (χ1n) is 6.78. The van der Waals surface area contributed by atoms with Gasteiger partial charge in [0.1, 0.15) is 11.6 Å². The number of nitrogens with zero attached hydrogens (tertiary/aromatic N) is 2. The summed E-state index contributed by atoms with van der Waals surface area (Å²) in [5.41, 5.74) is 6.69. The summed E-state index contributed by atoms with van der Waals surface area (Å²) in [6, 6.07) is 4.69. The molecule has 112 valence electrons. The number of aryl methyl sites for hydroxylation is 1. The first kappa shape index (κ1) is 15.2. The highest BCUT2D eigenvalue weighted by Gasteiger charge is 2.09. The second kappa shape index (κ2) is 6.49. The van der Waals surface area contributed by atoms with Gasteiger partial charge in [0.25, 0.3) is 0 Å². The van der Waals surface area contributed by atoms with E-state index in [4.69, 9.17) is 5.73 Å². The van der Waals surface area contributed by atoms with E-state index in [1.807, 2.05) is 6.92 Å². The van der Waals surface area contributed by atoms with Crippen molar-refractivity contribution in [2.45, 2.75) is 32.9 Å². The lowest BCUT2D eigenvalue weighted by molar-refractivity contribution is -0.121. The largest absolute Gasteiger partial charge is 0.352 e. The minimum Gasteiger partial charge on any atom is -0.352 e. The Labute approximate surface area is 123 Å². The zero-order valence-corrected chi connectivity index (χ0v) is 12.1. The van der Waals surface area contributed by atoms with Gasteiger partial charge in [-0.05, 0) is 31.5 Å². The van der Waals surface area contributed by atoms with Crippen LogP contribution in [-0.2, 0) is 11.3 Å². The third-order valence-electron chi connectivity index (χ3n) is 3.09. The summed E-state index contributed by atoms with van der Waals surface area (Å²) < 4.78 is 15.8. The van der Waals surface area contributed by atoms with Gasteiger partial charge in [0, 0.05) is 31.4 Å². The van der Waals surface area contributed by atoms with Gasteiger partial charge >= 0.3 is 0 Å². The predicted octanol–water partition coefficient (Wildman–Crippen LogP) is 1.67. The number of imidazole rings is 1. The molecule has 0 aliphatic rings. The molecule has 1 aromatic heterocycles. The third kappa shape index (κ3) is 3.88. The SMILES string of the molecule is Cc1nccn1-c1ccc(CNC(=O)CC(C)N)cc1F. The molecular formula is C15H19FN4O. The topological polar surface area (TPSA) is 72.9 Å². The maximum Gasteiger partial charge on any atom is 0.221 e. The normalized spacial score (nSPS) is 12.2. The first-order chi connectivity index (χ1) is 9.97. The molecular weight excluding hydrogens is 271 g/mol. The van der Waals surface area contributed by atoms with E-state index in [0.29, 0.717) is 17.1 Å². The fourth-order valence-electron chi connectivity index (χ4n) is 2.05. The molecule has 2 aromatic rings. The number of aromatic nitrogens is 2. The second-order valence-corrected chi connectivity index (χ2v) is 5.09. The average Bonchev–Trinajstić information content (AvgIpc) is 2.82. The lowest BCUT2D eigenvalue weighted by Crippen LogP contribution is -2.29. The number of amides is 1. The van der Waals surface area contributed by atoms with Gasteiger partial charge in [-0.2, -0.15) is 0 Å². The van der Waals surface area contributed by atoms with E-state index >= 15 is 0 Å². The lowest BCUT2D eigenvalue weighted by Gasteiger charge is -2.10. The number of hydrogen-bond donors (Lipinski definition) is 2. The summed E-state index contributed by atoms with van der Waals surface area (Å²) in [7, 11) is 0. The Morgan fingerprint density at radius 3 is 2.86 bits per heavy atom. The van der Waals surface area contributed by atoms with Gasteiger partial charge in [-0.25, -0.2) is 9.37 Å². The van der Waals surface area contributed by atoms with Crippen LogP contribution in [0.1, 0.15) is 24.7 Å². The fourth-order valence-corrected chi connectivity index (χ4v) is 2.05. The van der Waals surface area contributed by atoms with Gasteiger partial charge < -0.3 is 15.6 Å². The van der Waals surface area contributed by atoms with Crippen LogP contribution >= 0.6 is 0 Å². The number of carbonyl (C=O) groups is 1. The molecule has 0 radical (unpaired) electrons. The molecule has 0 fully saturated rings. The van der Waals surface area contributed by atoms with Gasteiger partial charge in [-0.3, -0.25) is 4.79 Å². The van der Waals surface area contributed by atoms with Crippen molar-refractivity contribution in [2.24, 2.45) is 5.73 Å². The van der Waals surface area contributed by atoms with E-state index in [9.17, 15) is 9.18 Å². The Morgan fingerprint density at radius 2 is 2.29 bits per heavy atom. The van der Waals surface area contributed by atoms with Crippen LogP contribution in [-0.4, -0.2) is 21.5 Å². The molecule has 1 aromatic carbocycles. The minimum atomic E-state index is -0.352. The number of carbonyl (C=O) groups excluding carboxylic acids is 1. The van der Waals surface area contributed by atoms with Crippen molar-refractivity contribution in [3.63, 3.8) is 0 Å². The van der Waals surface area contributed by atoms with E-state index in [0.717, 1.165) is 0 Å². The maximum absolute atomic E-state index is 14.1.